The molecule has 0 N–H and O–H groups in total. The summed E-state index contributed by atoms with van der Waals surface area (Å²) in [6.45, 7) is -0.400. The molecule has 1 aromatic heterocycles. The summed E-state index contributed by atoms with van der Waals surface area (Å²) in [7, 11) is 1.25. The number of esters is 2. The third-order valence-electron chi connectivity index (χ3n) is 3.67. The summed E-state index contributed by atoms with van der Waals surface area (Å²) in [6.07, 6.45) is 2.66. The summed E-state index contributed by atoms with van der Waals surface area (Å²) in [5.74, 6) is -1.18. The minimum atomic E-state index is -0.590. The molecule has 0 unspecified atom stereocenters. The Kier molecular flexibility index (Phi) is 3.91. The lowest BCUT2D eigenvalue weighted by Crippen LogP contribution is -2.16. The summed E-state index contributed by atoms with van der Waals surface area (Å²) in [5, 5.41) is 4.40. The zero-order valence-corrected chi connectivity index (χ0v) is 12.2. The summed E-state index contributed by atoms with van der Waals surface area (Å²) in [4.78, 5) is 23.2. The molecule has 2 aromatic rings. The number of nitrogens with zero attached hydrogens (tertiary/aromatic N) is 2. The zero-order chi connectivity index (χ0) is 15.5. The molecule has 6 heteroatoms. The fourth-order valence-electron chi connectivity index (χ4n) is 2.64. The molecule has 0 aliphatic heterocycles. The van der Waals surface area contributed by atoms with Gasteiger partial charge in [0, 0.05) is 11.3 Å². The zero-order valence-electron chi connectivity index (χ0n) is 12.2. The third-order valence-corrected chi connectivity index (χ3v) is 3.67. The van der Waals surface area contributed by atoms with Crippen molar-refractivity contribution in [3.05, 3.63) is 47.3 Å². The van der Waals surface area contributed by atoms with Crippen LogP contribution in [0.5, 0.6) is 0 Å². The van der Waals surface area contributed by atoms with Gasteiger partial charge in [0.25, 0.3) is 0 Å². The molecule has 0 amide bonds. The van der Waals surface area contributed by atoms with E-state index in [0.717, 1.165) is 36.2 Å². The van der Waals surface area contributed by atoms with E-state index in [4.69, 9.17) is 4.74 Å². The molecule has 0 bridgehead atoms. The topological polar surface area (TPSA) is 70.4 Å². The minimum Gasteiger partial charge on any atom is -0.466 e. The molecule has 22 heavy (non-hydrogen) atoms. The number of carbonyl (C=O) groups is 2. The number of hydrogen-bond donors (Lipinski definition) is 0. The van der Waals surface area contributed by atoms with Crippen LogP contribution in [0.1, 0.15) is 28.2 Å². The van der Waals surface area contributed by atoms with Gasteiger partial charge in [-0.1, -0.05) is 18.2 Å². The van der Waals surface area contributed by atoms with E-state index in [9.17, 15) is 9.59 Å². The van der Waals surface area contributed by atoms with Crippen LogP contribution in [-0.2, 0) is 27.1 Å². The van der Waals surface area contributed by atoms with Gasteiger partial charge < -0.3 is 9.47 Å². The Morgan fingerprint density at radius 2 is 2.00 bits per heavy atom. The van der Waals surface area contributed by atoms with Gasteiger partial charge in [-0.05, 0) is 31.4 Å². The molecule has 0 saturated carbocycles. The first-order chi connectivity index (χ1) is 10.7. The Bertz CT molecular complexity index is 706. The average molecular weight is 300 g/mol. The smallest absolute Gasteiger partial charge is 0.359 e. The van der Waals surface area contributed by atoms with Gasteiger partial charge in [0.2, 0.25) is 0 Å². The Morgan fingerprint density at radius 1 is 1.23 bits per heavy atom. The molecule has 0 saturated heterocycles. The van der Waals surface area contributed by atoms with Crippen molar-refractivity contribution in [2.45, 2.75) is 19.3 Å². The maximum Gasteiger partial charge on any atom is 0.359 e. The summed E-state index contributed by atoms with van der Waals surface area (Å²) in [5.41, 5.74) is 3.16. The van der Waals surface area contributed by atoms with Crippen LogP contribution in [0.4, 0.5) is 0 Å². The molecule has 6 nitrogen and oxygen atoms in total. The van der Waals surface area contributed by atoms with Gasteiger partial charge in [-0.2, -0.15) is 5.10 Å². The van der Waals surface area contributed by atoms with Gasteiger partial charge in [-0.15, -0.1) is 0 Å². The number of aromatic nitrogens is 2. The normalized spacial score (nSPS) is 12.8. The predicted molar refractivity (Wildman–Crippen MR) is 77.9 cm³/mol. The average Bonchev–Trinajstić information content (AvgIpc) is 3.15. The van der Waals surface area contributed by atoms with Crippen LogP contribution in [0.15, 0.2) is 30.3 Å². The summed E-state index contributed by atoms with van der Waals surface area (Å²) >= 11 is 0. The van der Waals surface area contributed by atoms with Crippen LogP contribution in [0.2, 0.25) is 0 Å². The van der Waals surface area contributed by atoms with E-state index in [0.29, 0.717) is 5.69 Å². The van der Waals surface area contributed by atoms with Crippen molar-refractivity contribution in [1.82, 2.24) is 9.78 Å². The van der Waals surface area contributed by atoms with E-state index in [-0.39, 0.29) is 0 Å². The second-order valence-corrected chi connectivity index (χ2v) is 5.03. The van der Waals surface area contributed by atoms with E-state index >= 15 is 0 Å². The first-order valence-electron chi connectivity index (χ1n) is 7.11. The van der Waals surface area contributed by atoms with Crippen molar-refractivity contribution in [1.29, 1.82) is 0 Å². The molecular formula is C16H16N2O4. The maximum absolute atomic E-state index is 12.2. The van der Waals surface area contributed by atoms with Gasteiger partial charge in [-0.3, -0.25) is 0 Å². The molecule has 3 rings (SSSR count). The lowest BCUT2D eigenvalue weighted by atomic mass is 10.2. The Hall–Kier alpha value is -2.63. The largest absolute Gasteiger partial charge is 0.466 e. The quantitative estimate of drug-likeness (QED) is 0.804. The van der Waals surface area contributed by atoms with Crippen LogP contribution in [0, 0.1) is 0 Å². The summed E-state index contributed by atoms with van der Waals surface area (Å²) < 4.78 is 11.2. The highest BCUT2D eigenvalue weighted by atomic mass is 16.6. The Labute approximate surface area is 127 Å². The van der Waals surface area contributed by atoms with E-state index < -0.39 is 18.5 Å². The molecule has 114 valence electrons. The number of carbonyl (C=O) groups excluding carboxylic acids is 2. The number of ether oxygens (including phenoxy) is 2. The number of para-hydroxylation sites is 1. The van der Waals surface area contributed by atoms with Gasteiger partial charge in [0.05, 0.1) is 12.8 Å². The number of hydrogen-bond acceptors (Lipinski definition) is 5. The standard InChI is InChI=1S/C16H16N2O4/c1-21-14(19)10-22-16(20)15-12-8-5-9-13(12)18(17-15)11-6-3-2-4-7-11/h2-4,6-7H,5,8-10H2,1H3. The van der Waals surface area contributed by atoms with Crippen LogP contribution in [0.3, 0.4) is 0 Å². The van der Waals surface area contributed by atoms with Crippen molar-refractivity contribution >= 4 is 11.9 Å². The number of fused-ring (bicyclic) bond motifs is 1. The fourth-order valence-corrected chi connectivity index (χ4v) is 2.64. The van der Waals surface area contributed by atoms with Crippen molar-refractivity contribution in [3.63, 3.8) is 0 Å². The SMILES string of the molecule is COC(=O)COC(=O)c1nn(-c2ccccc2)c2c1CCC2. The lowest BCUT2D eigenvalue weighted by Gasteiger charge is -2.04. The van der Waals surface area contributed by atoms with Gasteiger partial charge in [0.1, 0.15) is 0 Å². The Morgan fingerprint density at radius 3 is 2.73 bits per heavy atom. The molecule has 0 radical (unpaired) electrons. The third kappa shape index (κ3) is 2.59. The Balaban J connectivity index is 1.90. The molecule has 0 spiro atoms. The molecule has 1 heterocycles. The highest BCUT2D eigenvalue weighted by molar-refractivity contribution is 5.91. The van der Waals surface area contributed by atoms with Crippen molar-refractivity contribution in [3.8, 4) is 5.69 Å². The van der Waals surface area contributed by atoms with Gasteiger partial charge >= 0.3 is 11.9 Å². The van der Waals surface area contributed by atoms with Gasteiger partial charge in [0.15, 0.2) is 12.3 Å². The number of benzene rings is 1. The maximum atomic E-state index is 12.2. The first kappa shape index (κ1) is 14.3. The summed E-state index contributed by atoms with van der Waals surface area (Å²) in [6, 6.07) is 9.66. The molecule has 1 aliphatic carbocycles. The second kappa shape index (κ2) is 6.01. The van der Waals surface area contributed by atoms with Crippen molar-refractivity contribution < 1.29 is 19.1 Å². The minimum absolute atomic E-state index is 0.292. The predicted octanol–water partition coefficient (Wildman–Crippen LogP) is 1.69. The monoisotopic (exact) mass is 300 g/mol. The number of methoxy groups -OCH3 is 1. The van der Waals surface area contributed by atoms with Crippen LogP contribution in [-0.4, -0.2) is 35.4 Å². The van der Waals surface area contributed by atoms with Crippen LogP contribution >= 0.6 is 0 Å². The molecule has 0 atom stereocenters. The molecule has 1 aromatic carbocycles. The molecular weight excluding hydrogens is 284 g/mol. The van der Waals surface area contributed by atoms with Gasteiger partial charge in [-0.25, -0.2) is 14.3 Å². The van der Waals surface area contributed by atoms with Crippen molar-refractivity contribution in [2.24, 2.45) is 0 Å². The van der Waals surface area contributed by atoms with E-state index in [1.807, 2.05) is 30.3 Å². The van der Waals surface area contributed by atoms with Crippen molar-refractivity contribution in [2.75, 3.05) is 13.7 Å². The second-order valence-electron chi connectivity index (χ2n) is 5.03. The molecule has 1 aliphatic rings. The van der Waals surface area contributed by atoms with Crippen LogP contribution in [0.25, 0.3) is 5.69 Å². The lowest BCUT2D eigenvalue weighted by molar-refractivity contribution is -0.144. The fraction of sp³-hybridized carbons (Fsp3) is 0.312. The van der Waals surface area contributed by atoms with E-state index in [1.54, 1.807) is 4.68 Å². The highest BCUT2D eigenvalue weighted by Gasteiger charge is 2.28. The highest BCUT2D eigenvalue weighted by Crippen LogP contribution is 2.28. The number of rotatable bonds is 4. The molecule has 0 fully saturated rings. The van der Waals surface area contributed by atoms with E-state index in [1.165, 1.54) is 7.11 Å². The van der Waals surface area contributed by atoms with Crippen LogP contribution < -0.4 is 0 Å². The first-order valence-corrected chi connectivity index (χ1v) is 7.11. The van der Waals surface area contributed by atoms with E-state index in [2.05, 4.69) is 9.84 Å².